The average molecular weight is 349 g/mol. The first kappa shape index (κ1) is 19.8. The molecule has 1 heterocycles. The van der Waals surface area contributed by atoms with Gasteiger partial charge in [-0.3, -0.25) is 4.90 Å². The lowest BCUT2D eigenvalue weighted by molar-refractivity contribution is 0.0694. The Morgan fingerprint density at radius 3 is 1.84 bits per heavy atom. The fourth-order valence-corrected chi connectivity index (χ4v) is 2.88. The SMILES string of the molecule is O=C(O)c1ccccc1CN1CCNCCNCCNCCNCC1. The smallest absolute Gasteiger partial charge is 0.336 e. The summed E-state index contributed by atoms with van der Waals surface area (Å²) in [5.41, 5.74) is 1.27. The third-order valence-corrected chi connectivity index (χ3v) is 4.29. The van der Waals surface area contributed by atoms with E-state index in [0.29, 0.717) is 12.1 Å². The number of carbonyl (C=O) groups is 1. The summed E-state index contributed by atoms with van der Waals surface area (Å²) < 4.78 is 0. The maximum atomic E-state index is 11.4. The Labute approximate surface area is 150 Å². The molecule has 1 aromatic rings. The Balaban J connectivity index is 1.91. The van der Waals surface area contributed by atoms with Crippen LogP contribution in [-0.2, 0) is 6.54 Å². The van der Waals surface area contributed by atoms with E-state index < -0.39 is 5.97 Å². The van der Waals surface area contributed by atoms with Crippen molar-refractivity contribution in [1.82, 2.24) is 26.2 Å². The van der Waals surface area contributed by atoms with Gasteiger partial charge in [-0.2, -0.15) is 0 Å². The standard InChI is InChI=1S/C18H31N5O2/c24-18(25)17-4-2-1-3-16(17)15-23-13-11-21-9-7-19-5-6-20-8-10-22-12-14-23/h1-4,19-22H,5-15H2,(H,24,25). The van der Waals surface area contributed by atoms with Crippen molar-refractivity contribution in [3.05, 3.63) is 35.4 Å². The second kappa shape index (κ2) is 11.9. The summed E-state index contributed by atoms with van der Waals surface area (Å²) in [6.07, 6.45) is 0. The highest BCUT2D eigenvalue weighted by Crippen LogP contribution is 2.11. The van der Waals surface area contributed by atoms with Crippen LogP contribution in [0.15, 0.2) is 24.3 Å². The molecule has 0 unspecified atom stereocenters. The van der Waals surface area contributed by atoms with Gasteiger partial charge in [0.1, 0.15) is 0 Å². The van der Waals surface area contributed by atoms with Gasteiger partial charge in [0.2, 0.25) is 0 Å². The first-order valence-electron chi connectivity index (χ1n) is 9.14. The van der Waals surface area contributed by atoms with Crippen molar-refractivity contribution in [2.45, 2.75) is 6.54 Å². The van der Waals surface area contributed by atoms with Crippen LogP contribution in [0, 0.1) is 0 Å². The molecular weight excluding hydrogens is 318 g/mol. The van der Waals surface area contributed by atoms with Crippen LogP contribution in [-0.4, -0.2) is 81.4 Å². The minimum atomic E-state index is -0.859. The Kier molecular flexibility index (Phi) is 9.46. The van der Waals surface area contributed by atoms with E-state index >= 15 is 0 Å². The molecule has 0 aromatic heterocycles. The van der Waals surface area contributed by atoms with Crippen molar-refractivity contribution in [1.29, 1.82) is 0 Å². The molecule has 0 aliphatic carbocycles. The van der Waals surface area contributed by atoms with E-state index in [9.17, 15) is 9.90 Å². The fraction of sp³-hybridized carbons (Fsp3) is 0.611. The first-order valence-corrected chi connectivity index (χ1v) is 9.14. The zero-order chi connectivity index (χ0) is 17.7. The first-order chi connectivity index (χ1) is 12.3. The number of rotatable bonds is 3. The molecule has 1 aliphatic heterocycles. The van der Waals surface area contributed by atoms with Crippen LogP contribution in [0.4, 0.5) is 0 Å². The molecule has 1 aromatic carbocycles. The number of nitrogens with zero attached hydrogens (tertiary/aromatic N) is 1. The normalized spacial score (nSPS) is 19.7. The molecule has 1 aliphatic rings. The maximum Gasteiger partial charge on any atom is 0.336 e. The van der Waals surface area contributed by atoms with Gasteiger partial charge in [0.25, 0.3) is 0 Å². The van der Waals surface area contributed by atoms with E-state index in [1.54, 1.807) is 12.1 Å². The molecule has 7 nitrogen and oxygen atoms in total. The number of carboxylic acids is 1. The van der Waals surface area contributed by atoms with Crippen molar-refractivity contribution < 1.29 is 9.90 Å². The molecule has 0 bridgehead atoms. The molecule has 0 atom stereocenters. The zero-order valence-electron chi connectivity index (χ0n) is 14.9. The molecule has 2 rings (SSSR count). The van der Waals surface area contributed by atoms with Gasteiger partial charge in [-0.1, -0.05) is 18.2 Å². The van der Waals surface area contributed by atoms with Crippen molar-refractivity contribution in [2.75, 3.05) is 65.4 Å². The Morgan fingerprint density at radius 2 is 1.32 bits per heavy atom. The molecule has 7 heteroatoms. The third kappa shape index (κ3) is 7.94. The predicted octanol–water partition coefficient (Wildman–Crippen LogP) is -0.441. The number of carboxylic acid groups (broad SMARTS) is 1. The topological polar surface area (TPSA) is 88.7 Å². The average Bonchev–Trinajstić information content (AvgIpc) is 2.62. The predicted molar refractivity (Wildman–Crippen MR) is 100 cm³/mol. The summed E-state index contributed by atoms with van der Waals surface area (Å²) in [4.78, 5) is 13.7. The molecule has 0 amide bonds. The van der Waals surface area contributed by atoms with Crippen molar-refractivity contribution in [3.8, 4) is 0 Å². The van der Waals surface area contributed by atoms with Crippen LogP contribution >= 0.6 is 0 Å². The number of hydrogen-bond acceptors (Lipinski definition) is 6. The summed E-state index contributed by atoms with van der Waals surface area (Å²) >= 11 is 0. The maximum absolute atomic E-state index is 11.4. The van der Waals surface area contributed by atoms with Gasteiger partial charge < -0.3 is 26.4 Å². The molecule has 1 saturated heterocycles. The van der Waals surface area contributed by atoms with Crippen molar-refractivity contribution in [3.63, 3.8) is 0 Å². The van der Waals surface area contributed by atoms with Crippen LogP contribution in [0.1, 0.15) is 15.9 Å². The molecular formula is C18H31N5O2. The monoisotopic (exact) mass is 349 g/mol. The summed E-state index contributed by atoms with van der Waals surface area (Å²) in [6.45, 7) is 10.0. The molecule has 1 fully saturated rings. The molecule has 25 heavy (non-hydrogen) atoms. The van der Waals surface area contributed by atoms with Crippen LogP contribution in [0.25, 0.3) is 0 Å². The second-order valence-electron chi connectivity index (χ2n) is 6.24. The van der Waals surface area contributed by atoms with E-state index in [1.807, 2.05) is 12.1 Å². The van der Waals surface area contributed by atoms with E-state index in [2.05, 4.69) is 26.2 Å². The van der Waals surface area contributed by atoms with Crippen LogP contribution in [0.5, 0.6) is 0 Å². The lowest BCUT2D eigenvalue weighted by Gasteiger charge is -2.23. The fourth-order valence-electron chi connectivity index (χ4n) is 2.88. The van der Waals surface area contributed by atoms with Gasteiger partial charge in [-0.25, -0.2) is 4.79 Å². The quantitative estimate of drug-likeness (QED) is 0.506. The van der Waals surface area contributed by atoms with Gasteiger partial charge in [0.15, 0.2) is 0 Å². The van der Waals surface area contributed by atoms with E-state index in [1.165, 1.54) is 0 Å². The highest BCUT2D eigenvalue weighted by atomic mass is 16.4. The van der Waals surface area contributed by atoms with Crippen molar-refractivity contribution >= 4 is 5.97 Å². The summed E-state index contributed by atoms with van der Waals surface area (Å²) in [5, 5.41) is 23.1. The largest absolute Gasteiger partial charge is 0.478 e. The Hall–Kier alpha value is -1.51. The van der Waals surface area contributed by atoms with E-state index in [-0.39, 0.29) is 0 Å². The Bertz CT molecular complexity index is 496. The van der Waals surface area contributed by atoms with Gasteiger partial charge in [-0.05, 0) is 11.6 Å². The van der Waals surface area contributed by atoms with E-state index in [4.69, 9.17) is 0 Å². The number of aromatic carboxylic acids is 1. The lowest BCUT2D eigenvalue weighted by Crippen LogP contribution is -2.38. The summed E-state index contributed by atoms with van der Waals surface area (Å²) in [5.74, 6) is -0.859. The molecule has 0 saturated carbocycles. The third-order valence-electron chi connectivity index (χ3n) is 4.29. The Morgan fingerprint density at radius 1 is 0.840 bits per heavy atom. The van der Waals surface area contributed by atoms with Crippen LogP contribution in [0.2, 0.25) is 0 Å². The van der Waals surface area contributed by atoms with Crippen molar-refractivity contribution in [2.24, 2.45) is 0 Å². The second-order valence-corrected chi connectivity index (χ2v) is 6.24. The highest BCUT2D eigenvalue weighted by molar-refractivity contribution is 5.89. The molecule has 0 radical (unpaired) electrons. The minimum absolute atomic E-state index is 0.396. The van der Waals surface area contributed by atoms with E-state index in [0.717, 1.165) is 71.0 Å². The number of benzene rings is 1. The number of nitrogens with one attached hydrogen (secondary N) is 4. The van der Waals surface area contributed by atoms with Gasteiger partial charge in [-0.15, -0.1) is 0 Å². The summed E-state index contributed by atoms with van der Waals surface area (Å²) in [6, 6.07) is 7.28. The minimum Gasteiger partial charge on any atom is -0.478 e. The highest BCUT2D eigenvalue weighted by Gasteiger charge is 2.13. The van der Waals surface area contributed by atoms with Crippen LogP contribution in [0.3, 0.4) is 0 Å². The molecule has 140 valence electrons. The lowest BCUT2D eigenvalue weighted by atomic mass is 10.1. The van der Waals surface area contributed by atoms with Gasteiger partial charge in [0.05, 0.1) is 5.56 Å². The number of hydrogen-bond donors (Lipinski definition) is 5. The summed E-state index contributed by atoms with van der Waals surface area (Å²) in [7, 11) is 0. The van der Waals surface area contributed by atoms with Crippen LogP contribution < -0.4 is 21.3 Å². The van der Waals surface area contributed by atoms with Gasteiger partial charge >= 0.3 is 5.97 Å². The van der Waals surface area contributed by atoms with Gasteiger partial charge in [0, 0.05) is 72.0 Å². The molecule has 0 spiro atoms. The zero-order valence-corrected chi connectivity index (χ0v) is 14.9. The molecule has 5 N–H and O–H groups in total.